The second kappa shape index (κ2) is 23.1. The summed E-state index contributed by atoms with van der Waals surface area (Å²) in [6.45, 7) is 6.53. The van der Waals surface area contributed by atoms with Crippen molar-refractivity contribution in [2.45, 2.75) is 27.2 Å². The highest BCUT2D eigenvalue weighted by Gasteiger charge is 2.21. The first-order valence-corrected chi connectivity index (χ1v) is 36.2. The van der Waals surface area contributed by atoms with Crippen molar-refractivity contribution in [2.24, 2.45) is 0 Å². The number of hydrogen-bond donors (Lipinski definition) is 0. The lowest BCUT2D eigenvalue weighted by atomic mass is 9.87. The molecule has 0 amide bonds. The van der Waals surface area contributed by atoms with E-state index in [1.54, 1.807) is 0 Å². The van der Waals surface area contributed by atoms with Crippen LogP contribution < -0.4 is 20.9 Å². The third-order valence-electron chi connectivity index (χ3n) is 21.1. The molecular formula is C96H62O2S2. The van der Waals surface area contributed by atoms with Crippen molar-refractivity contribution in [1.82, 2.24) is 0 Å². The van der Waals surface area contributed by atoms with E-state index in [9.17, 15) is 0 Å². The molecule has 4 heteroatoms. The largest absolute Gasteiger partial charge is 0.456 e. The summed E-state index contributed by atoms with van der Waals surface area (Å²) >= 11 is 3.74. The minimum absolute atomic E-state index is 0.701. The van der Waals surface area contributed by atoms with Crippen LogP contribution in [0.5, 0.6) is 0 Å². The van der Waals surface area contributed by atoms with Gasteiger partial charge in [0, 0.05) is 67.3 Å². The standard InChI is InChI=1S/C96H62O2S2/c1-4-68-69(5-2)94(75-32-15-13-30-73(75)92(68)57-21-9-7-10-22-57)64-27-19-26-60(46-64)62-39-44-90-83(49-62)84-51-66-53-88-80(50-67(66)54-91(84)99-90)71-40-35-56(45-86(71)98-88)36-41-77-70(6-3)93(58-23-11-8-12-24-58)74-31-14-16-33-76(74)95(77)65-28-20-25-59(47-65)61-38-43-85-81(48-61)82-55-79-63(52-87(82)97-85)37-42-78-72-29-17-18-34-89(72)100-96(78)79/h4-35,37-55H,36H2,1-3H3/b68-4+,69-5+,70-6+,77-41+. The van der Waals surface area contributed by atoms with Gasteiger partial charge in [0.05, 0.1) is 0 Å². The predicted octanol–water partition coefficient (Wildman–Crippen LogP) is 25.3. The zero-order valence-corrected chi connectivity index (χ0v) is 56.9. The maximum Gasteiger partial charge on any atom is 0.136 e. The van der Waals surface area contributed by atoms with Crippen molar-refractivity contribution in [1.29, 1.82) is 0 Å². The van der Waals surface area contributed by atoms with Gasteiger partial charge in [0.25, 0.3) is 0 Å². The SMILES string of the molecule is C/C=c1/c(-c2ccccc2)c2ccccc2c(-c2cccc(-c3ccc4oc5cc6ccc7c8ccccc8sc7c6cc5c4c3)c2)/c1=C/Cc1ccc2c(c1)oc1cc3cc4c(cc3cc12)sc1ccc(-c2cccc(-c3c(=C/C)/c(=C\C)c(-c5ccccc5)c5ccccc35)c2)cc14. The maximum absolute atomic E-state index is 6.94. The third kappa shape index (κ3) is 9.21. The number of hydrogen-bond acceptors (Lipinski definition) is 4. The summed E-state index contributed by atoms with van der Waals surface area (Å²) in [7, 11) is 0. The molecule has 0 aliphatic rings. The Balaban J connectivity index is 0.668. The molecule has 0 N–H and O–H groups in total. The van der Waals surface area contributed by atoms with Crippen LogP contribution in [-0.4, -0.2) is 0 Å². The van der Waals surface area contributed by atoms with Crippen molar-refractivity contribution < 1.29 is 8.83 Å². The van der Waals surface area contributed by atoms with Crippen molar-refractivity contribution in [2.75, 3.05) is 0 Å². The van der Waals surface area contributed by atoms with E-state index in [4.69, 9.17) is 8.83 Å². The molecule has 0 aliphatic heterocycles. The highest BCUT2D eigenvalue weighted by molar-refractivity contribution is 7.27. The number of fused-ring (bicyclic) bond motifs is 17. The molecule has 20 aromatic rings. The molecule has 0 unspecified atom stereocenters. The van der Waals surface area contributed by atoms with Gasteiger partial charge < -0.3 is 8.83 Å². The minimum Gasteiger partial charge on any atom is -0.456 e. The van der Waals surface area contributed by atoms with Crippen LogP contribution >= 0.6 is 22.7 Å². The van der Waals surface area contributed by atoms with E-state index in [0.29, 0.717) is 6.42 Å². The van der Waals surface area contributed by atoms with Gasteiger partial charge in [0.2, 0.25) is 0 Å². The quantitative estimate of drug-likeness (QED) is 0.152. The fraction of sp³-hybridized carbons (Fsp3) is 0.0417. The first-order valence-electron chi connectivity index (χ1n) is 34.6. The second-order valence-electron chi connectivity index (χ2n) is 26.6. The molecule has 0 saturated carbocycles. The van der Waals surface area contributed by atoms with Gasteiger partial charge in [-0.2, -0.15) is 0 Å². The number of thiophene rings is 2. The summed E-state index contributed by atoms with van der Waals surface area (Å²) in [4.78, 5) is 0. The molecule has 0 radical (unpaired) electrons. The van der Waals surface area contributed by atoms with Crippen LogP contribution in [0.2, 0.25) is 0 Å². The summed E-state index contributed by atoms with van der Waals surface area (Å²) in [5.41, 5.74) is 19.3. The van der Waals surface area contributed by atoms with Gasteiger partial charge in [0.15, 0.2) is 0 Å². The zero-order valence-electron chi connectivity index (χ0n) is 55.3. The van der Waals surface area contributed by atoms with E-state index < -0.39 is 0 Å². The van der Waals surface area contributed by atoms with E-state index in [0.717, 1.165) is 55.0 Å². The summed E-state index contributed by atoms with van der Waals surface area (Å²) in [6.07, 6.45) is 10.1. The third-order valence-corrected chi connectivity index (χ3v) is 23.5. The lowest BCUT2D eigenvalue weighted by Crippen LogP contribution is -2.30. The fourth-order valence-electron chi connectivity index (χ4n) is 16.6. The lowest BCUT2D eigenvalue weighted by molar-refractivity contribution is 0.669. The Labute approximate surface area is 584 Å². The predicted molar refractivity (Wildman–Crippen MR) is 433 cm³/mol. The monoisotopic (exact) mass is 1310 g/mol. The van der Waals surface area contributed by atoms with Gasteiger partial charge >= 0.3 is 0 Å². The average molecular weight is 1310 g/mol. The second-order valence-corrected chi connectivity index (χ2v) is 28.8. The molecule has 470 valence electrons. The van der Waals surface area contributed by atoms with Crippen LogP contribution in [0.1, 0.15) is 26.3 Å². The summed E-state index contributed by atoms with van der Waals surface area (Å²) in [5, 5.41) is 24.4. The van der Waals surface area contributed by atoms with Crippen molar-refractivity contribution in [3.8, 4) is 66.8 Å². The molecule has 4 heterocycles. The maximum atomic E-state index is 6.94. The Morgan fingerprint density at radius 1 is 0.250 bits per heavy atom. The van der Waals surface area contributed by atoms with Crippen LogP contribution in [0.15, 0.2) is 294 Å². The van der Waals surface area contributed by atoms with E-state index in [1.165, 1.54) is 166 Å². The lowest BCUT2D eigenvalue weighted by Gasteiger charge is -2.17. The molecule has 0 saturated heterocycles. The Bertz CT molecular complexity index is 7140. The van der Waals surface area contributed by atoms with E-state index in [1.807, 2.05) is 22.7 Å². The van der Waals surface area contributed by atoms with Crippen LogP contribution in [0.3, 0.4) is 0 Å². The molecule has 0 bridgehead atoms. The van der Waals surface area contributed by atoms with Gasteiger partial charge in [-0.3, -0.25) is 0 Å². The minimum atomic E-state index is 0.701. The van der Waals surface area contributed by atoms with E-state index in [-0.39, 0.29) is 0 Å². The first kappa shape index (κ1) is 58.3. The molecule has 100 heavy (non-hydrogen) atoms. The van der Waals surface area contributed by atoms with Crippen LogP contribution in [0.25, 0.3) is 218 Å². The highest BCUT2D eigenvalue weighted by atomic mass is 32.1. The first-order chi connectivity index (χ1) is 49.4. The van der Waals surface area contributed by atoms with Gasteiger partial charge in [-0.1, -0.05) is 224 Å². The topological polar surface area (TPSA) is 26.3 Å². The van der Waals surface area contributed by atoms with Crippen molar-refractivity contribution in [3.05, 3.63) is 312 Å². The van der Waals surface area contributed by atoms with Crippen LogP contribution in [0.4, 0.5) is 0 Å². The van der Waals surface area contributed by atoms with Gasteiger partial charge in [-0.15, -0.1) is 22.7 Å². The molecule has 2 nitrogen and oxygen atoms in total. The molecule has 16 aromatic carbocycles. The number of furan rings is 2. The molecule has 20 rings (SSSR count). The highest BCUT2D eigenvalue weighted by Crippen LogP contribution is 2.45. The van der Waals surface area contributed by atoms with E-state index >= 15 is 0 Å². The molecule has 0 aliphatic carbocycles. The van der Waals surface area contributed by atoms with Gasteiger partial charge in [0.1, 0.15) is 22.3 Å². The Morgan fingerprint density at radius 3 is 1.37 bits per heavy atom. The number of rotatable bonds is 8. The Morgan fingerprint density at radius 2 is 0.710 bits per heavy atom. The van der Waals surface area contributed by atoms with Crippen molar-refractivity contribution >= 4 is 174 Å². The molecule has 0 atom stereocenters. The summed E-state index contributed by atoms with van der Waals surface area (Å²) in [5.74, 6) is 0. The smallest absolute Gasteiger partial charge is 0.136 e. The van der Waals surface area contributed by atoms with Gasteiger partial charge in [-0.05, 0) is 243 Å². The molecular weight excluding hydrogens is 1250 g/mol. The summed E-state index contributed by atoms with van der Waals surface area (Å²) in [6, 6.07) is 106. The Hall–Kier alpha value is -11.9. The molecule has 0 fully saturated rings. The normalized spacial score (nSPS) is 13.0. The van der Waals surface area contributed by atoms with Crippen LogP contribution in [0, 0.1) is 0 Å². The van der Waals surface area contributed by atoms with E-state index in [2.05, 4.69) is 330 Å². The fourth-order valence-corrected chi connectivity index (χ4v) is 18.9. The van der Waals surface area contributed by atoms with Crippen LogP contribution in [-0.2, 0) is 6.42 Å². The van der Waals surface area contributed by atoms with Crippen molar-refractivity contribution in [3.63, 3.8) is 0 Å². The molecule has 4 aromatic heterocycles. The zero-order chi connectivity index (χ0) is 66.3. The Kier molecular flexibility index (Phi) is 13.5. The van der Waals surface area contributed by atoms with Gasteiger partial charge in [-0.25, -0.2) is 0 Å². The summed E-state index contributed by atoms with van der Waals surface area (Å²) < 4.78 is 18.8. The average Bonchev–Trinajstić information content (AvgIpc) is 1.05. The number of benzene rings is 16. The molecule has 0 spiro atoms.